The third-order valence-corrected chi connectivity index (χ3v) is 3.71. The van der Waals surface area contributed by atoms with Crippen LogP contribution < -0.4 is 0 Å². The third kappa shape index (κ3) is 2.73. The molecule has 0 aliphatic rings. The molecular formula is C19H13NO4. The van der Waals surface area contributed by atoms with E-state index in [4.69, 9.17) is 10.00 Å². The number of nitrogens with zero attached hydrogens (tertiary/aromatic N) is 1. The zero-order valence-electron chi connectivity index (χ0n) is 12.6. The lowest BCUT2D eigenvalue weighted by atomic mass is 10.0. The van der Waals surface area contributed by atoms with Crippen LogP contribution in [0, 0.1) is 11.3 Å². The molecule has 0 spiro atoms. The largest absolute Gasteiger partial charge is 0.507 e. The number of phenols is 2. The number of carbonyl (C=O) groups is 1. The van der Waals surface area contributed by atoms with Crippen molar-refractivity contribution >= 4 is 16.7 Å². The number of esters is 1. The summed E-state index contributed by atoms with van der Waals surface area (Å²) in [5, 5.41) is 30.2. The molecule has 24 heavy (non-hydrogen) atoms. The molecule has 5 nitrogen and oxygen atoms in total. The fourth-order valence-corrected chi connectivity index (χ4v) is 2.47. The van der Waals surface area contributed by atoms with Gasteiger partial charge in [0.05, 0.1) is 11.6 Å². The molecule has 0 saturated carbocycles. The van der Waals surface area contributed by atoms with Gasteiger partial charge in [0.25, 0.3) is 0 Å². The van der Waals surface area contributed by atoms with E-state index in [0.717, 1.165) is 0 Å². The van der Waals surface area contributed by atoms with Gasteiger partial charge >= 0.3 is 5.97 Å². The molecule has 0 bridgehead atoms. The molecule has 2 N–H and O–H groups in total. The van der Waals surface area contributed by atoms with Crippen molar-refractivity contribution in [3.8, 4) is 17.6 Å². The fourth-order valence-electron chi connectivity index (χ4n) is 2.47. The van der Waals surface area contributed by atoms with Gasteiger partial charge in [0, 0.05) is 16.3 Å². The Hall–Kier alpha value is -3.52. The van der Waals surface area contributed by atoms with Crippen molar-refractivity contribution in [1.82, 2.24) is 0 Å². The van der Waals surface area contributed by atoms with E-state index >= 15 is 0 Å². The number of fused-ring (bicyclic) bond motifs is 1. The molecule has 0 saturated heterocycles. The summed E-state index contributed by atoms with van der Waals surface area (Å²) < 4.78 is 5.18. The van der Waals surface area contributed by atoms with E-state index in [2.05, 4.69) is 0 Å². The first-order valence-corrected chi connectivity index (χ1v) is 7.20. The Bertz CT molecular complexity index is 973. The van der Waals surface area contributed by atoms with Gasteiger partial charge in [-0.15, -0.1) is 0 Å². The van der Waals surface area contributed by atoms with Gasteiger partial charge in [0.15, 0.2) is 0 Å². The van der Waals surface area contributed by atoms with Crippen LogP contribution in [0.2, 0.25) is 0 Å². The second-order valence-electron chi connectivity index (χ2n) is 5.18. The molecule has 0 atom stereocenters. The van der Waals surface area contributed by atoms with Crippen LogP contribution in [0.15, 0.2) is 54.6 Å². The predicted molar refractivity (Wildman–Crippen MR) is 87.6 cm³/mol. The van der Waals surface area contributed by atoms with Crippen LogP contribution in [-0.2, 0) is 11.3 Å². The molecule has 0 aliphatic carbocycles. The Kier molecular flexibility index (Phi) is 4.04. The number of hydrogen-bond donors (Lipinski definition) is 2. The number of ether oxygens (including phenoxy) is 1. The lowest BCUT2D eigenvalue weighted by molar-refractivity contribution is 0.0469. The molecule has 3 aromatic rings. The van der Waals surface area contributed by atoms with E-state index in [-0.39, 0.29) is 23.7 Å². The molecule has 3 rings (SSSR count). The maximum Gasteiger partial charge on any atom is 0.342 e. The predicted octanol–water partition coefficient (Wildman–Crippen LogP) is 3.48. The number of nitriles is 1. The van der Waals surface area contributed by atoms with Crippen LogP contribution >= 0.6 is 0 Å². The van der Waals surface area contributed by atoms with Gasteiger partial charge in [0.2, 0.25) is 0 Å². The van der Waals surface area contributed by atoms with Crippen LogP contribution in [0.25, 0.3) is 10.8 Å². The molecule has 0 radical (unpaired) electrons. The highest BCUT2D eigenvalue weighted by molar-refractivity contribution is 6.03. The molecule has 0 fully saturated rings. The lowest BCUT2D eigenvalue weighted by Gasteiger charge is -2.10. The van der Waals surface area contributed by atoms with Gasteiger partial charge in [-0.25, -0.2) is 4.79 Å². The van der Waals surface area contributed by atoms with Crippen molar-refractivity contribution in [2.24, 2.45) is 0 Å². The van der Waals surface area contributed by atoms with Crippen molar-refractivity contribution in [3.63, 3.8) is 0 Å². The Balaban J connectivity index is 1.90. The second-order valence-corrected chi connectivity index (χ2v) is 5.18. The first-order chi connectivity index (χ1) is 11.6. The molecule has 5 heteroatoms. The summed E-state index contributed by atoms with van der Waals surface area (Å²) in [5.41, 5.74) is 0.856. The monoisotopic (exact) mass is 319 g/mol. The van der Waals surface area contributed by atoms with E-state index in [1.54, 1.807) is 48.5 Å². The molecule has 3 aromatic carbocycles. The Morgan fingerprint density at radius 1 is 1.04 bits per heavy atom. The smallest absolute Gasteiger partial charge is 0.342 e. The van der Waals surface area contributed by atoms with Crippen molar-refractivity contribution < 1.29 is 19.7 Å². The molecule has 0 aromatic heterocycles. The average molecular weight is 319 g/mol. The first-order valence-electron chi connectivity index (χ1n) is 7.20. The quantitative estimate of drug-likeness (QED) is 0.570. The summed E-state index contributed by atoms with van der Waals surface area (Å²) in [6.45, 7) is -0.102. The van der Waals surface area contributed by atoms with Crippen LogP contribution in [0.5, 0.6) is 11.5 Å². The average Bonchev–Trinajstić information content (AvgIpc) is 2.63. The molecule has 0 aliphatic heterocycles. The number of carbonyl (C=O) groups excluding carboxylic acids is 1. The summed E-state index contributed by atoms with van der Waals surface area (Å²) in [6, 6.07) is 16.6. The summed E-state index contributed by atoms with van der Waals surface area (Å²) in [5.74, 6) is -1.14. The van der Waals surface area contributed by atoms with Gasteiger partial charge in [-0.2, -0.15) is 5.26 Å². The third-order valence-electron chi connectivity index (χ3n) is 3.71. The minimum atomic E-state index is -0.777. The second kappa shape index (κ2) is 6.31. The van der Waals surface area contributed by atoms with Crippen LogP contribution in [0.4, 0.5) is 0 Å². The lowest BCUT2D eigenvalue weighted by Crippen LogP contribution is -2.06. The minimum absolute atomic E-state index is 0.102. The van der Waals surface area contributed by atoms with E-state index in [1.165, 1.54) is 6.07 Å². The van der Waals surface area contributed by atoms with Crippen molar-refractivity contribution in [3.05, 3.63) is 71.3 Å². The Morgan fingerprint density at radius 3 is 2.46 bits per heavy atom. The van der Waals surface area contributed by atoms with Crippen molar-refractivity contribution in [1.29, 1.82) is 5.26 Å². The highest BCUT2D eigenvalue weighted by Crippen LogP contribution is 2.35. The Morgan fingerprint density at radius 2 is 1.71 bits per heavy atom. The summed E-state index contributed by atoms with van der Waals surface area (Å²) in [6.07, 6.45) is 0. The number of benzene rings is 3. The van der Waals surface area contributed by atoms with Crippen LogP contribution in [-0.4, -0.2) is 16.2 Å². The van der Waals surface area contributed by atoms with E-state index in [9.17, 15) is 15.0 Å². The zero-order valence-corrected chi connectivity index (χ0v) is 12.6. The SMILES string of the molecule is N#Cc1ccccc1COC(=O)c1cc(O)c2ccccc2c1O. The molecule has 118 valence electrons. The number of rotatable bonds is 3. The van der Waals surface area contributed by atoms with Crippen molar-refractivity contribution in [2.45, 2.75) is 6.61 Å². The van der Waals surface area contributed by atoms with E-state index in [1.807, 2.05) is 6.07 Å². The first kappa shape index (κ1) is 15.4. The maximum absolute atomic E-state index is 12.3. The normalized spacial score (nSPS) is 10.3. The number of hydrogen-bond acceptors (Lipinski definition) is 5. The highest BCUT2D eigenvalue weighted by Gasteiger charge is 2.18. The molecule has 0 amide bonds. The van der Waals surface area contributed by atoms with Gasteiger partial charge in [-0.3, -0.25) is 0 Å². The van der Waals surface area contributed by atoms with Gasteiger partial charge < -0.3 is 14.9 Å². The molecule has 0 unspecified atom stereocenters. The number of phenolic OH excluding ortho intramolecular Hbond substituents is 2. The van der Waals surface area contributed by atoms with Crippen molar-refractivity contribution in [2.75, 3.05) is 0 Å². The topological polar surface area (TPSA) is 90.5 Å². The summed E-state index contributed by atoms with van der Waals surface area (Å²) >= 11 is 0. The molecular weight excluding hydrogens is 306 g/mol. The van der Waals surface area contributed by atoms with Gasteiger partial charge in [0.1, 0.15) is 23.7 Å². The minimum Gasteiger partial charge on any atom is -0.507 e. The standard InChI is InChI=1S/C19H13NO4/c20-10-12-5-1-2-6-13(12)11-24-19(23)16-9-17(21)14-7-3-4-8-15(14)18(16)22/h1-9,21-22H,11H2. The number of aromatic hydroxyl groups is 2. The van der Waals surface area contributed by atoms with Crippen LogP contribution in [0.3, 0.4) is 0 Å². The fraction of sp³-hybridized carbons (Fsp3) is 0.0526. The van der Waals surface area contributed by atoms with E-state index in [0.29, 0.717) is 21.9 Å². The summed E-state index contributed by atoms with van der Waals surface area (Å²) in [4.78, 5) is 12.3. The summed E-state index contributed by atoms with van der Waals surface area (Å²) in [7, 11) is 0. The highest BCUT2D eigenvalue weighted by atomic mass is 16.5. The Labute approximate surface area is 138 Å². The molecule has 0 heterocycles. The maximum atomic E-state index is 12.3. The zero-order chi connectivity index (χ0) is 17.1. The van der Waals surface area contributed by atoms with Gasteiger partial charge in [-0.1, -0.05) is 42.5 Å². The van der Waals surface area contributed by atoms with Gasteiger partial charge in [-0.05, 0) is 12.1 Å². The van der Waals surface area contributed by atoms with E-state index < -0.39 is 5.97 Å². The van der Waals surface area contributed by atoms with Crippen LogP contribution in [0.1, 0.15) is 21.5 Å².